The van der Waals surface area contributed by atoms with E-state index in [9.17, 15) is 0 Å². The molecule has 0 aliphatic carbocycles. The van der Waals surface area contributed by atoms with Gasteiger partial charge in [-0.25, -0.2) is 0 Å². The standard InChI is InChI=1S/C6H2BBrCl2/c7-4-1-3(9)2-5(8)6(4)10/h1-2H. The van der Waals surface area contributed by atoms with E-state index < -0.39 is 0 Å². The van der Waals surface area contributed by atoms with Crippen molar-refractivity contribution in [3.05, 3.63) is 26.7 Å². The van der Waals surface area contributed by atoms with Crippen LogP contribution < -0.4 is 5.46 Å². The van der Waals surface area contributed by atoms with Crippen molar-refractivity contribution >= 4 is 52.4 Å². The highest BCUT2D eigenvalue weighted by Crippen LogP contribution is 2.23. The van der Waals surface area contributed by atoms with Gasteiger partial charge in [-0.05, 0) is 28.1 Å². The van der Waals surface area contributed by atoms with Crippen LogP contribution in [0, 0.1) is 0 Å². The summed E-state index contributed by atoms with van der Waals surface area (Å²) in [5.74, 6) is 0. The smallest absolute Gasteiger partial charge is 0.0843 e. The van der Waals surface area contributed by atoms with Crippen molar-refractivity contribution in [2.75, 3.05) is 0 Å². The Morgan fingerprint density at radius 3 is 2.40 bits per heavy atom. The third-order valence-corrected chi connectivity index (χ3v) is 2.51. The molecule has 0 amide bonds. The maximum absolute atomic E-state index is 5.72. The Hall–Kier alpha value is 0.345. The SMILES string of the molecule is [B]c1cc(Cl)cc(Br)c1Cl. The van der Waals surface area contributed by atoms with Gasteiger partial charge in [-0.1, -0.05) is 28.7 Å². The molecule has 10 heavy (non-hydrogen) atoms. The molecule has 50 valence electrons. The topological polar surface area (TPSA) is 0 Å². The maximum Gasteiger partial charge on any atom is 0.116 e. The van der Waals surface area contributed by atoms with Gasteiger partial charge in [0.1, 0.15) is 7.85 Å². The highest BCUT2D eigenvalue weighted by atomic mass is 79.9. The van der Waals surface area contributed by atoms with Crippen LogP contribution in [-0.4, -0.2) is 7.85 Å². The van der Waals surface area contributed by atoms with E-state index >= 15 is 0 Å². The van der Waals surface area contributed by atoms with Gasteiger partial charge in [0.25, 0.3) is 0 Å². The number of hydrogen-bond acceptors (Lipinski definition) is 0. The molecule has 2 radical (unpaired) electrons. The molecule has 0 N–H and O–H groups in total. The molecule has 4 heteroatoms. The van der Waals surface area contributed by atoms with Gasteiger partial charge in [0.15, 0.2) is 0 Å². The van der Waals surface area contributed by atoms with Crippen molar-refractivity contribution in [3.8, 4) is 0 Å². The quantitative estimate of drug-likeness (QED) is 0.479. The Balaban J connectivity index is 3.31. The molecule has 1 aromatic carbocycles. The minimum absolute atomic E-state index is 0.487. The van der Waals surface area contributed by atoms with Gasteiger partial charge in [0, 0.05) is 14.5 Å². The third kappa shape index (κ3) is 1.69. The minimum atomic E-state index is 0.487. The van der Waals surface area contributed by atoms with Crippen LogP contribution in [0.2, 0.25) is 10.0 Å². The monoisotopic (exact) mass is 234 g/mol. The highest BCUT2D eigenvalue weighted by Gasteiger charge is 2.00. The molecule has 0 fully saturated rings. The zero-order valence-corrected chi connectivity index (χ0v) is 7.96. The van der Waals surface area contributed by atoms with Crippen LogP contribution in [0.4, 0.5) is 0 Å². The molecule has 0 spiro atoms. The first-order valence-corrected chi connectivity index (χ1v) is 4.06. The van der Waals surface area contributed by atoms with E-state index in [1.165, 1.54) is 0 Å². The van der Waals surface area contributed by atoms with Gasteiger partial charge in [0.2, 0.25) is 0 Å². The summed E-state index contributed by atoms with van der Waals surface area (Å²) in [6.45, 7) is 0. The summed E-state index contributed by atoms with van der Waals surface area (Å²) in [7, 11) is 5.48. The highest BCUT2D eigenvalue weighted by molar-refractivity contribution is 9.10. The second kappa shape index (κ2) is 3.16. The summed E-state index contributed by atoms with van der Waals surface area (Å²) in [6, 6.07) is 3.30. The van der Waals surface area contributed by atoms with Gasteiger partial charge in [-0.3, -0.25) is 0 Å². The molecule has 1 aromatic rings. The van der Waals surface area contributed by atoms with Crippen LogP contribution >= 0.6 is 39.1 Å². The minimum Gasteiger partial charge on any atom is -0.0843 e. The lowest BCUT2D eigenvalue weighted by Gasteiger charge is -2.00. The van der Waals surface area contributed by atoms with Gasteiger partial charge < -0.3 is 0 Å². The lowest BCUT2D eigenvalue weighted by Crippen LogP contribution is -2.03. The van der Waals surface area contributed by atoms with E-state index in [-0.39, 0.29) is 0 Å². The molecule has 0 aliphatic heterocycles. The summed E-state index contributed by atoms with van der Waals surface area (Å²) in [4.78, 5) is 0. The Labute approximate surface area is 79.1 Å². The second-order valence-corrected chi connectivity index (χ2v) is 3.46. The van der Waals surface area contributed by atoms with E-state index in [4.69, 9.17) is 31.0 Å². The number of hydrogen-bond donors (Lipinski definition) is 0. The fourth-order valence-corrected chi connectivity index (χ4v) is 1.52. The molecule has 0 aromatic heterocycles. The van der Waals surface area contributed by atoms with Crippen molar-refractivity contribution in [2.45, 2.75) is 0 Å². The van der Waals surface area contributed by atoms with Crippen LogP contribution in [0.15, 0.2) is 16.6 Å². The number of halogens is 3. The first kappa shape index (κ1) is 8.44. The Morgan fingerprint density at radius 1 is 1.30 bits per heavy atom. The second-order valence-electron chi connectivity index (χ2n) is 1.79. The summed E-state index contributed by atoms with van der Waals surface area (Å²) in [5.41, 5.74) is 0.487. The third-order valence-electron chi connectivity index (χ3n) is 1.02. The molecular weight excluding hydrogens is 234 g/mol. The van der Waals surface area contributed by atoms with Crippen LogP contribution in [0.5, 0.6) is 0 Å². The van der Waals surface area contributed by atoms with Gasteiger partial charge >= 0.3 is 0 Å². The Bertz CT molecular complexity index is 239. The molecule has 0 heterocycles. The summed E-state index contributed by atoms with van der Waals surface area (Å²) >= 11 is 14.6. The molecule has 0 saturated heterocycles. The van der Waals surface area contributed by atoms with E-state index in [1.54, 1.807) is 12.1 Å². The Kier molecular flexibility index (Phi) is 2.67. The van der Waals surface area contributed by atoms with Crippen molar-refractivity contribution < 1.29 is 0 Å². The Morgan fingerprint density at radius 2 is 1.90 bits per heavy atom. The first-order chi connectivity index (χ1) is 4.61. The number of rotatable bonds is 0. The van der Waals surface area contributed by atoms with Gasteiger partial charge in [-0.2, -0.15) is 0 Å². The average molecular weight is 236 g/mol. The zero-order valence-electron chi connectivity index (χ0n) is 4.87. The molecule has 0 saturated carbocycles. The maximum atomic E-state index is 5.72. The molecule has 0 aliphatic rings. The van der Waals surface area contributed by atoms with Crippen molar-refractivity contribution in [1.82, 2.24) is 0 Å². The molecule has 0 nitrogen and oxygen atoms in total. The summed E-state index contributed by atoms with van der Waals surface area (Å²) < 4.78 is 0.721. The fraction of sp³-hybridized carbons (Fsp3) is 0. The van der Waals surface area contributed by atoms with E-state index in [0.29, 0.717) is 15.5 Å². The lowest BCUT2D eigenvalue weighted by atomic mass is 9.97. The predicted octanol–water partition coefficient (Wildman–Crippen LogP) is 2.55. The average Bonchev–Trinajstić information content (AvgIpc) is 1.82. The van der Waals surface area contributed by atoms with E-state index in [1.807, 2.05) is 0 Å². The van der Waals surface area contributed by atoms with E-state index in [2.05, 4.69) is 15.9 Å². The van der Waals surface area contributed by atoms with E-state index in [0.717, 1.165) is 4.47 Å². The van der Waals surface area contributed by atoms with Crippen LogP contribution in [0.1, 0.15) is 0 Å². The predicted molar refractivity (Wildman–Crippen MR) is 49.6 cm³/mol. The van der Waals surface area contributed by atoms with Gasteiger partial charge in [-0.15, -0.1) is 0 Å². The molecule has 0 unspecified atom stereocenters. The summed E-state index contributed by atoms with van der Waals surface area (Å²) in [6.07, 6.45) is 0. The van der Waals surface area contributed by atoms with Crippen molar-refractivity contribution in [2.24, 2.45) is 0 Å². The van der Waals surface area contributed by atoms with Crippen molar-refractivity contribution in [1.29, 1.82) is 0 Å². The largest absolute Gasteiger partial charge is 0.116 e. The molecular formula is C6H2BBrCl2. The zero-order chi connectivity index (χ0) is 7.72. The van der Waals surface area contributed by atoms with Crippen LogP contribution in [0.25, 0.3) is 0 Å². The van der Waals surface area contributed by atoms with Crippen LogP contribution in [-0.2, 0) is 0 Å². The molecule has 0 atom stereocenters. The normalized spacial score (nSPS) is 9.90. The molecule has 1 rings (SSSR count). The number of benzene rings is 1. The van der Waals surface area contributed by atoms with Gasteiger partial charge in [0.05, 0.1) is 0 Å². The molecule has 0 bridgehead atoms. The first-order valence-electron chi connectivity index (χ1n) is 2.51. The lowest BCUT2D eigenvalue weighted by molar-refractivity contribution is 1.70. The fourth-order valence-electron chi connectivity index (χ4n) is 0.576. The van der Waals surface area contributed by atoms with Crippen molar-refractivity contribution in [3.63, 3.8) is 0 Å². The van der Waals surface area contributed by atoms with Crippen LogP contribution in [0.3, 0.4) is 0 Å². The summed E-state index contributed by atoms with van der Waals surface area (Å²) in [5, 5.41) is 1.08.